The van der Waals surface area contributed by atoms with E-state index >= 15 is 0 Å². The van der Waals surface area contributed by atoms with Gasteiger partial charge in [0.25, 0.3) is 0 Å². The number of phenols is 1. The average Bonchev–Trinajstić information content (AvgIpc) is 2.22. The Bertz CT molecular complexity index is 413. The van der Waals surface area contributed by atoms with E-state index in [2.05, 4.69) is 15.9 Å². The van der Waals surface area contributed by atoms with Crippen molar-refractivity contribution in [2.45, 2.75) is 25.8 Å². The fourth-order valence-electron chi connectivity index (χ4n) is 1.60. The topological polar surface area (TPSA) is 64.7 Å². The van der Waals surface area contributed by atoms with Gasteiger partial charge in [-0.25, -0.2) is 0 Å². The molecule has 0 unspecified atom stereocenters. The van der Waals surface area contributed by atoms with E-state index in [1.807, 2.05) is 13.8 Å². The van der Waals surface area contributed by atoms with E-state index in [4.69, 9.17) is 15.2 Å². The molecule has 1 rings (SSSR count). The second-order valence-electron chi connectivity index (χ2n) is 4.59. The Balaban J connectivity index is 3.32. The minimum absolute atomic E-state index is 0.146. The number of ether oxygens (including phenoxy) is 2. The number of methoxy groups -OCH3 is 2. The Hall–Kier alpha value is -0.940. The zero-order valence-corrected chi connectivity index (χ0v) is 12.1. The van der Waals surface area contributed by atoms with Gasteiger partial charge < -0.3 is 20.3 Å². The van der Waals surface area contributed by atoms with Crippen LogP contribution in [0.4, 0.5) is 0 Å². The first-order chi connectivity index (χ1) is 7.80. The van der Waals surface area contributed by atoms with Crippen LogP contribution < -0.4 is 15.2 Å². The van der Waals surface area contributed by atoms with Crippen molar-refractivity contribution in [3.63, 3.8) is 0 Å². The second kappa shape index (κ2) is 5.14. The third kappa shape index (κ3) is 3.26. The number of nitrogens with two attached hydrogens (primary N) is 1. The molecule has 0 spiro atoms. The van der Waals surface area contributed by atoms with Gasteiger partial charge in [0, 0.05) is 17.2 Å². The Kier molecular flexibility index (Phi) is 4.27. The maximum atomic E-state index is 9.97. The lowest BCUT2D eigenvalue weighted by molar-refractivity contribution is 0.347. The summed E-state index contributed by atoms with van der Waals surface area (Å²) >= 11 is 3.42. The van der Waals surface area contributed by atoms with Crippen LogP contribution in [-0.2, 0) is 6.42 Å². The normalized spacial score (nSPS) is 11.4. The second-order valence-corrected chi connectivity index (χ2v) is 5.38. The van der Waals surface area contributed by atoms with Crippen LogP contribution in [0.2, 0.25) is 0 Å². The molecular formula is C12H18BrNO3. The number of halogens is 1. The fraction of sp³-hybridized carbons (Fsp3) is 0.500. The molecule has 0 radical (unpaired) electrons. The predicted molar refractivity (Wildman–Crippen MR) is 70.9 cm³/mol. The van der Waals surface area contributed by atoms with Gasteiger partial charge in [0.15, 0.2) is 11.5 Å². The van der Waals surface area contributed by atoms with Gasteiger partial charge in [-0.1, -0.05) is 0 Å². The maximum absolute atomic E-state index is 9.97. The molecule has 3 N–H and O–H groups in total. The van der Waals surface area contributed by atoms with E-state index in [0.29, 0.717) is 22.4 Å². The molecule has 0 fully saturated rings. The van der Waals surface area contributed by atoms with Crippen LogP contribution in [0.15, 0.2) is 10.5 Å². The van der Waals surface area contributed by atoms with Crippen LogP contribution >= 0.6 is 15.9 Å². The lowest BCUT2D eigenvalue weighted by Crippen LogP contribution is -2.34. The van der Waals surface area contributed by atoms with Crippen molar-refractivity contribution in [2.75, 3.05) is 14.2 Å². The Labute approximate surface area is 110 Å². The molecule has 96 valence electrons. The quantitative estimate of drug-likeness (QED) is 0.897. The minimum Gasteiger partial charge on any atom is -0.507 e. The molecule has 0 aliphatic carbocycles. The summed E-state index contributed by atoms with van der Waals surface area (Å²) in [4.78, 5) is 0. The van der Waals surface area contributed by atoms with Crippen LogP contribution in [0.1, 0.15) is 19.4 Å². The molecule has 0 saturated carbocycles. The van der Waals surface area contributed by atoms with E-state index in [1.165, 1.54) is 13.2 Å². The van der Waals surface area contributed by atoms with Crippen molar-refractivity contribution >= 4 is 15.9 Å². The Morgan fingerprint density at radius 3 is 2.35 bits per heavy atom. The third-order valence-corrected chi connectivity index (χ3v) is 3.16. The highest BCUT2D eigenvalue weighted by Crippen LogP contribution is 2.43. The van der Waals surface area contributed by atoms with Crippen molar-refractivity contribution in [1.82, 2.24) is 0 Å². The highest BCUT2D eigenvalue weighted by atomic mass is 79.9. The van der Waals surface area contributed by atoms with Gasteiger partial charge in [0.2, 0.25) is 0 Å². The van der Waals surface area contributed by atoms with E-state index in [0.717, 1.165) is 5.56 Å². The van der Waals surface area contributed by atoms with Crippen LogP contribution in [0.5, 0.6) is 17.2 Å². The SMILES string of the molecule is COc1cc(O)c(CC(C)(C)N)c(Br)c1OC. The molecule has 5 heteroatoms. The van der Waals surface area contributed by atoms with Crippen molar-refractivity contribution in [3.8, 4) is 17.2 Å². The molecule has 0 aliphatic rings. The van der Waals surface area contributed by atoms with Gasteiger partial charge in [-0.3, -0.25) is 0 Å². The highest BCUT2D eigenvalue weighted by molar-refractivity contribution is 9.10. The van der Waals surface area contributed by atoms with Crippen molar-refractivity contribution < 1.29 is 14.6 Å². The molecular weight excluding hydrogens is 286 g/mol. The standard InChI is InChI=1S/C12H18BrNO3/c1-12(2,14)6-7-8(15)5-9(16-3)11(17-4)10(7)13/h5,15H,6,14H2,1-4H3. The third-order valence-electron chi connectivity index (χ3n) is 2.32. The molecule has 0 aromatic heterocycles. The van der Waals surface area contributed by atoms with Crippen LogP contribution in [0.3, 0.4) is 0 Å². The van der Waals surface area contributed by atoms with Gasteiger partial charge in [-0.2, -0.15) is 0 Å². The number of phenolic OH excluding ortho intramolecular Hbond substituents is 1. The fourth-order valence-corrected chi connectivity index (χ4v) is 2.30. The molecule has 17 heavy (non-hydrogen) atoms. The molecule has 4 nitrogen and oxygen atoms in total. The van der Waals surface area contributed by atoms with Crippen molar-refractivity contribution in [3.05, 3.63) is 16.1 Å². The van der Waals surface area contributed by atoms with Gasteiger partial charge in [-0.15, -0.1) is 0 Å². The smallest absolute Gasteiger partial charge is 0.175 e. The Morgan fingerprint density at radius 2 is 1.94 bits per heavy atom. The van der Waals surface area contributed by atoms with Gasteiger partial charge in [0.1, 0.15) is 5.75 Å². The molecule has 0 aliphatic heterocycles. The number of aromatic hydroxyl groups is 1. The summed E-state index contributed by atoms with van der Waals surface area (Å²) in [6, 6.07) is 1.53. The summed E-state index contributed by atoms with van der Waals surface area (Å²) in [5.74, 6) is 1.19. The highest BCUT2D eigenvalue weighted by Gasteiger charge is 2.22. The summed E-state index contributed by atoms with van der Waals surface area (Å²) in [7, 11) is 3.08. The lowest BCUT2D eigenvalue weighted by atomic mass is 9.95. The first-order valence-corrected chi connectivity index (χ1v) is 6.00. The van der Waals surface area contributed by atoms with Crippen LogP contribution in [0, 0.1) is 0 Å². The van der Waals surface area contributed by atoms with E-state index in [-0.39, 0.29) is 5.75 Å². The Morgan fingerprint density at radius 1 is 1.35 bits per heavy atom. The van der Waals surface area contributed by atoms with Crippen LogP contribution in [0.25, 0.3) is 0 Å². The van der Waals surface area contributed by atoms with Crippen molar-refractivity contribution in [1.29, 1.82) is 0 Å². The summed E-state index contributed by atoms with van der Waals surface area (Å²) in [6.45, 7) is 3.80. The number of rotatable bonds is 4. The van der Waals surface area contributed by atoms with E-state index in [9.17, 15) is 5.11 Å². The lowest BCUT2D eigenvalue weighted by Gasteiger charge is -2.22. The zero-order chi connectivity index (χ0) is 13.2. The van der Waals surface area contributed by atoms with E-state index in [1.54, 1.807) is 7.11 Å². The summed E-state index contributed by atoms with van der Waals surface area (Å²) in [6.07, 6.45) is 0.528. The van der Waals surface area contributed by atoms with E-state index < -0.39 is 5.54 Å². The average molecular weight is 304 g/mol. The predicted octanol–water partition coefficient (Wildman–Crippen LogP) is 2.45. The first kappa shape index (κ1) is 14.1. The van der Waals surface area contributed by atoms with Crippen molar-refractivity contribution in [2.24, 2.45) is 5.73 Å². The molecule has 1 aromatic rings. The van der Waals surface area contributed by atoms with Gasteiger partial charge >= 0.3 is 0 Å². The summed E-state index contributed by atoms with van der Waals surface area (Å²) < 4.78 is 11.1. The van der Waals surface area contributed by atoms with Gasteiger partial charge in [-0.05, 0) is 36.2 Å². The molecule has 0 heterocycles. The largest absolute Gasteiger partial charge is 0.507 e. The molecule has 0 saturated heterocycles. The monoisotopic (exact) mass is 303 g/mol. The maximum Gasteiger partial charge on any atom is 0.175 e. The number of benzene rings is 1. The molecule has 1 aromatic carbocycles. The molecule has 0 bridgehead atoms. The van der Waals surface area contributed by atoms with Crippen LogP contribution in [-0.4, -0.2) is 24.9 Å². The van der Waals surface area contributed by atoms with Gasteiger partial charge in [0.05, 0.1) is 18.7 Å². The minimum atomic E-state index is -0.417. The first-order valence-electron chi connectivity index (χ1n) is 5.21. The zero-order valence-electron chi connectivity index (χ0n) is 10.5. The summed E-state index contributed by atoms with van der Waals surface area (Å²) in [5, 5.41) is 9.97. The summed E-state index contributed by atoms with van der Waals surface area (Å²) in [5.41, 5.74) is 6.26. The number of hydrogen-bond donors (Lipinski definition) is 2. The molecule has 0 amide bonds. The number of hydrogen-bond acceptors (Lipinski definition) is 4. The molecule has 0 atom stereocenters.